The van der Waals surface area contributed by atoms with Crippen LogP contribution in [0.25, 0.3) is 0 Å². The first kappa shape index (κ1) is 22.4. The van der Waals surface area contributed by atoms with E-state index < -0.39 is 12.0 Å². The molecule has 31 heavy (non-hydrogen) atoms. The standard InChI is InChI=1S/C23H23ClN2O5/c1-14-19(15(2)31-26-14)13-30-17-8-6-7-16(11-17)23(28)25-21(12-22(27)29-3)18-9-4-5-10-20(18)24/h4-11,21H,12-13H2,1-3H3,(H,25,28). The summed E-state index contributed by atoms with van der Waals surface area (Å²) in [6.45, 7) is 3.94. The number of amides is 1. The number of methoxy groups -OCH3 is 1. The number of ether oxygens (including phenoxy) is 2. The molecule has 162 valence electrons. The summed E-state index contributed by atoms with van der Waals surface area (Å²) >= 11 is 6.28. The van der Waals surface area contributed by atoms with Gasteiger partial charge in [-0.25, -0.2) is 0 Å². The Morgan fingerprint density at radius 3 is 2.61 bits per heavy atom. The van der Waals surface area contributed by atoms with E-state index in [1.54, 1.807) is 48.5 Å². The first-order chi connectivity index (χ1) is 14.9. The Bertz CT molecular complexity index is 1060. The van der Waals surface area contributed by atoms with E-state index in [0.717, 1.165) is 11.3 Å². The zero-order chi connectivity index (χ0) is 22.4. The SMILES string of the molecule is COC(=O)CC(NC(=O)c1cccc(OCc2c(C)noc2C)c1)c1ccccc1Cl. The van der Waals surface area contributed by atoms with Gasteiger partial charge in [0.15, 0.2) is 0 Å². The Hall–Kier alpha value is -3.32. The quantitative estimate of drug-likeness (QED) is 0.514. The van der Waals surface area contributed by atoms with Crippen molar-refractivity contribution in [2.24, 2.45) is 0 Å². The van der Waals surface area contributed by atoms with E-state index >= 15 is 0 Å². The highest BCUT2D eigenvalue weighted by Crippen LogP contribution is 2.26. The third-order valence-corrected chi connectivity index (χ3v) is 5.19. The second-order valence-electron chi connectivity index (χ2n) is 6.95. The van der Waals surface area contributed by atoms with Gasteiger partial charge in [-0.05, 0) is 43.7 Å². The van der Waals surface area contributed by atoms with Crippen LogP contribution in [0.5, 0.6) is 5.75 Å². The summed E-state index contributed by atoms with van der Waals surface area (Å²) in [4.78, 5) is 24.8. The van der Waals surface area contributed by atoms with Crippen molar-refractivity contribution in [2.75, 3.05) is 7.11 Å². The molecule has 1 unspecified atom stereocenters. The number of esters is 1. The summed E-state index contributed by atoms with van der Waals surface area (Å²) in [6.07, 6.45) is -0.0474. The lowest BCUT2D eigenvalue weighted by atomic mass is 10.0. The average molecular weight is 443 g/mol. The first-order valence-electron chi connectivity index (χ1n) is 9.65. The van der Waals surface area contributed by atoms with Crippen LogP contribution in [0.4, 0.5) is 0 Å². The molecule has 3 aromatic rings. The minimum Gasteiger partial charge on any atom is -0.489 e. The van der Waals surface area contributed by atoms with Crippen molar-refractivity contribution in [1.82, 2.24) is 10.5 Å². The summed E-state index contributed by atoms with van der Waals surface area (Å²) < 4.78 is 15.7. The first-order valence-corrected chi connectivity index (χ1v) is 10.0. The van der Waals surface area contributed by atoms with Gasteiger partial charge in [0, 0.05) is 10.6 Å². The summed E-state index contributed by atoms with van der Waals surface area (Å²) in [6, 6.07) is 13.2. The number of nitrogens with zero attached hydrogens (tertiary/aromatic N) is 1. The molecule has 0 spiro atoms. The van der Waals surface area contributed by atoms with Crippen molar-refractivity contribution in [2.45, 2.75) is 32.9 Å². The molecule has 3 rings (SSSR count). The number of carbonyl (C=O) groups excluding carboxylic acids is 2. The average Bonchev–Trinajstić information content (AvgIpc) is 3.09. The number of hydrogen-bond donors (Lipinski definition) is 1. The van der Waals surface area contributed by atoms with Crippen molar-refractivity contribution >= 4 is 23.5 Å². The highest BCUT2D eigenvalue weighted by molar-refractivity contribution is 6.31. The highest BCUT2D eigenvalue weighted by Gasteiger charge is 2.22. The maximum atomic E-state index is 12.9. The van der Waals surface area contributed by atoms with Crippen LogP contribution in [0.3, 0.4) is 0 Å². The molecule has 0 aliphatic heterocycles. The Balaban J connectivity index is 1.75. The number of carbonyl (C=O) groups is 2. The van der Waals surface area contributed by atoms with E-state index in [9.17, 15) is 9.59 Å². The summed E-state index contributed by atoms with van der Waals surface area (Å²) in [5, 5.41) is 7.22. The van der Waals surface area contributed by atoms with Crippen LogP contribution < -0.4 is 10.1 Å². The maximum absolute atomic E-state index is 12.9. The monoisotopic (exact) mass is 442 g/mol. The second-order valence-corrected chi connectivity index (χ2v) is 7.35. The van der Waals surface area contributed by atoms with Gasteiger partial charge in [-0.3, -0.25) is 9.59 Å². The normalized spacial score (nSPS) is 11.6. The summed E-state index contributed by atoms with van der Waals surface area (Å²) in [7, 11) is 1.30. The molecule has 1 amide bonds. The van der Waals surface area contributed by atoms with Crippen LogP contribution in [0.1, 0.15) is 45.4 Å². The van der Waals surface area contributed by atoms with Gasteiger partial charge in [-0.2, -0.15) is 0 Å². The number of rotatable bonds is 8. The van der Waals surface area contributed by atoms with Gasteiger partial charge in [-0.15, -0.1) is 0 Å². The number of benzene rings is 2. The molecule has 0 saturated heterocycles. The molecular formula is C23H23ClN2O5. The van der Waals surface area contributed by atoms with Gasteiger partial charge in [0.05, 0.1) is 30.8 Å². The fourth-order valence-electron chi connectivity index (χ4n) is 3.08. The maximum Gasteiger partial charge on any atom is 0.307 e. The third-order valence-electron chi connectivity index (χ3n) is 4.85. The lowest BCUT2D eigenvalue weighted by molar-refractivity contribution is -0.141. The molecule has 0 fully saturated rings. The van der Waals surface area contributed by atoms with Gasteiger partial charge >= 0.3 is 5.97 Å². The largest absolute Gasteiger partial charge is 0.489 e. The van der Waals surface area contributed by atoms with Crippen molar-refractivity contribution in [3.63, 3.8) is 0 Å². The van der Waals surface area contributed by atoms with Gasteiger partial charge in [0.25, 0.3) is 5.91 Å². The van der Waals surface area contributed by atoms with Crippen LogP contribution in [-0.2, 0) is 16.1 Å². The molecule has 1 aromatic heterocycles. The number of aryl methyl sites for hydroxylation is 2. The van der Waals surface area contributed by atoms with E-state index in [-0.39, 0.29) is 18.9 Å². The molecule has 1 atom stereocenters. The van der Waals surface area contributed by atoms with E-state index in [0.29, 0.717) is 27.7 Å². The highest BCUT2D eigenvalue weighted by atomic mass is 35.5. The molecule has 1 heterocycles. The predicted molar refractivity (Wildman–Crippen MR) is 115 cm³/mol. The zero-order valence-electron chi connectivity index (χ0n) is 17.5. The van der Waals surface area contributed by atoms with Gasteiger partial charge < -0.3 is 19.3 Å². The smallest absolute Gasteiger partial charge is 0.307 e. The molecule has 8 heteroatoms. The lowest BCUT2D eigenvalue weighted by Crippen LogP contribution is -2.30. The van der Waals surface area contributed by atoms with Crippen LogP contribution >= 0.6 is 11.6 Å². The molecule has 1 N–H and O–H groups in total. The second kappa shape index (κ2) is 10.1. The molecular weight excluding hydrogens is 420 g/mol. The lowest BCUT2D eigenvalue weighted by Gasteiger charge is -2.19. The Labute approximate surface area is 185 Å². The Kier molecular flexibility index (Phi) is 7.31. The minimum atomic E-state index is -0.638. The molecule has 7 nitrogen and oxygen atoms in total. The van der Waals surface area contributed by atoms with Gasteiger partial charge in [0.2, 0.25) is 0 Å². The van der Waals surface area contributed by atoms with Crippen LogP contribution in [0.15, 0.2) is 53.1 Å². The van der Waals surface area contributed by atoms with Gasteiger partial charge in [0.1, 0.15) is 18.1 Å². The fraction of sp³-hybridized carbons (Fsp3) is 0.261. The molecule has 0 saturated carbocycles. The molecule has 0 aliphatic carbocycles. The van der Waals surface area contributed by atoms with Crippen molar-refractivity contribution < 1.29 is 23.6 Å². The van der Waals surface area contributed by atoms with Crippen molar-refractivity contribution in [3.05, 3.63) is 81.7 Å². The summed E-state index contributed by atoms with van der Waals surface area (Å²) in [5.74, 6) is 0.394. The number of nitrogens with one attached hydrogen (secondary N) is 1. The molecule has 2 aromatic carbocycles. The molecule has 0 bridgehead atoms. The number of hydrogen-bond acceptors (Lipinski definition) is 6. The minimum absolute atomic E-state index is 0.0474. The van der Waals surface area contributed by atoms with Gasteiger partial charge in [-0.1, -0.05) is 41.0 Å². The number of halogens is 1. The summed E-state index contributed by atoms with van der Waals surface area (Å²) in [5.41, 5.74) is 2.65. The zero-order valence-corrected chi connectivity index (χ0v) is 18.2. The Morgan fingerprint density at radius 2 is 1.94 bits per heavy atom. The van der Waals surface area contributed by atoms with Crippen molar-refractivity contribution in [1.29, 1.82) is 0 Å². The van der Waals surface area contributed by atoms with E-state index in [2.05, 4.69) is 10.5 Å². The van der Waals surface area contributed by atoms with E-state index in [4.69, 9.17) is 25.6 Å². The topological polar surface area (TPSA) is 90.7 Å². The molecule has 0 radical (unpaired) electrons. The van der Waals surface area contributed by atoms with E-state index in [1.165, 1.54) is 7.11 Å². The third kappa shape index (κ3) is 5.64. The van der Waals surface area contributed by atoms with Crippen molar-refractivity contribution in [3.8, 4) is 5.75 Å². The Morgan fingerprint density at radius 1 is 1.16 bits per heavy atom. The van der Waals surface area contributed by atoms with E-state index in [1.807, 2.05) is 13.8 Å². The van der Waals surface area contributed by atoms with Crippen LogP contribution in [-0.4, -0.2) is 24.1 Å². The van der Waals surface area contributed by atoms with Crippen LogP contribution in [0, 0.1) is 13.8 Å². The predicted octanol–water partition coefficient (Wildman–Crippen LogP) is 4.56. The van der Waals surface area contributed by atoms with Crippen LogP contribution in [0.2, 0.25) is 5.02 Å². The fourth-order valence-corrected chi connectivity index (χ4v) is 3.35. The number of aromatic nitrogens is 1. The molecule has 0 aliphatic rings.